The molecule has 0 saturated carbocycles. The summed E-state index contributed by atoms with van der Waals surface area (Å²) in [5, 5.41) is 7.95. The number of benzene rings is 3. The predicted molar refractivity (Wildman–Crippen MR) is 99.9 cm³/mol. The summed E-state index contributed by atoms with van der Waals surface area (Å²) in [7, 11) is 0. The Morgan fingerprint density at radius 3 is 2.46 bits per heavy atom. The highest BCUT2D eigenvalue weighted by atomic mass is 19.1. The van der Waals surface area contributed by atoms with Gasteiger partial charge in [-0.25, -0.2) is 8.78 Å². The normalized spacial score (nSPS) is 13.4. The van der Waals surface area contributed by atoms with Crippen LogP contribution < -0.4 is 10.6 Å². The van der Waals surface area contributed by atoms with Crippen LogP contribution in [0.3, 0.4) is 0 Å². The molecule has 2 atom stereocenters. The minimum Gasteiger partial charge on any atom is -0.324 e. The first-order valence-corrected chi connectivity index (χ1v) is 8.45. The van der Waals surface area contributed by atoms with E-state index in [1.807, 2.05) is 42.5 Å². The lowest BCUT2D eigenvalue weighted by atomic mass is 10.1. The average molecular weight is 354 g/mol. The van der Waals surface area contributed by atoms with E-state index >= 15 is 0 Å². The van der Waals surface area contributed by atoms with Crippen LogP contribution in [-0.4, -0.2) is 11.9 Å². The first kappa shape index (κ1) is 18.0. The number of anilines is 1. The zero-order valence-corrected chi connectivity index (χ0v) is 14.6. The number of hydrogen-bond acceptors (Lipinski definition) is 2. The minimum absolute atomic E-state index is 0.226. The predicted octanol–water partition coefficient (Wildman–Crippen LogP) is 4.80. The first-order valence-electron chi connectivity index (χ1n) is 8.45. The lowest BCUT2D eigenvalue weighted by molar-refractivity contribution is -0.117. The van der Waals surface area contributed by atoms with Gasteiger partial charge in [-0.2, -0.15) is 0 Å². The van der Waals surface area contributed by atoms with Gasteiger partial charge in [-0.15, -0.1) is 0 Å². The van der Waals surface area contributed by atoms with Gasteiger partial charge in [0.15, 0.2) is 0 Å². The van der Waals surface area contributed by atoms with Crippen molar-refractivity contribution in [2.75, 3.05) is 5.32 Å². The summed E-state index contributed by atoms with van der Waals surface area (Å²) < 4.78 is 26.9. The third kappa shape index (κ3) is 3.89. The second kappa shape index (κ2) is 7.62. The van der Waals surface area contributed by atoms with Gasteiger partial charge in [-0.05, 0) is 31.4 Å². The largest absolute Gasteiger partial charge is 0.324 e. The van der Waals surface area contributed by atoms with E-state index in [2.05, 4.69) is 10.6 Å². The third-order valence-electron chi connectivity index (χ3n) is 4.37. The van der Waals surface area contributed by atoms with Gasteiger partial charge in [-0.3, -0.25) is 10.1 Å². The van der Waals surface area contributed by atoms with E-state index < -0.39 is 23.7 Å². The first-order chi connectivity index (χ1) is 12.5. The van der Waals surface area contributed by atoms with Gasteiger partial charge in [0.2, 0.25) is 5.91 Å². The summed E-state index contributed by atoms with van der Waals surface area (Å²) in [4.78, 5) is 12.5. The van der Waals surface area contributed by atoms with Crippen LogP contribution in [0.4, 0.5) is 14.5 Å². The maximum absolute atomic E-state index is 13.9. The SMILES string of the molecule is C[C@H](N[C@@H](C)c1ccc(F)cc1F)C(=O)Nc1cccc2ccccc12. The molecule has 26 heavy (non-hydrogen) atoms. The quantitative estimate of drug-likeness (QED) is 0.691. The van der Waals surface area contributed by atoms with Crippen molar-refractivity contribution in [2.24, 2.45) is 0 Å². The maximum atomic E-state index is 13.9. The molecule has 0 aliphatic heterocycles. The fourth-order valence-electron chi connectivity index (χ4n) is 2.97. The highest BCUT2D eigenvalue weighted by molar-refractivity contribution is 6.03. The molecule has 0 unspecified atom stereocenters. The molecule has 3 rings (SSSR count). The zero-order valence-electron chi connectivity index (χ0n) is 14.6. The van der Waals surface area contributed by atoms with Crippen LogP contribution in [0.1, 0.15) is 25.5 Å². The Kier molecular flexibility index (Phi) is 5.28. The summed E-state index contributed by atoms with van der Waals surface area (Å²) in [5.74, 6) is -1.48. The second-order valence-electron chi connectivity index (χ2n) is 6.29. The fourth-order valence-corrected chi connectivity index (χ4v) is 2.97. The molecule has 0 spiro atoms. The van der Waals surface area contributed by atoms with Gasteiger partial charge in [0.1, 0.15) is 11.6 Å². The van der Waals surface area contributed by atoms with Crippen molar-refractivity contribution in [2.45, 2.75) is 25.9 Å². The lowest BCUT2D eigenvalue weighted by Gasteiger charge is -2.21. The van der Waals surface area contributed by atoms with E-state index in [0.717, 1.165) is 22.5 Å². The number of nitrogens with one attached hydrogen (secondary N) is 2. The number of carbonyl (C=O) groups excluding carboxylic acids is 1. The fraction of sp³-hybridized carbons (Fsp3) is 0.190. The van der Waals surface area contributed by atoms with E-state index in [4.69, 9.17) is 0 Å². The van der Waals surface area contributed by atoms with Crippen LogP contribution in [0, 0.1) is 11.6 Å². The minimum atomic E-state index is -0.633. The number of carbonyl (C=O) groups is 1. The molecule has 0 radical (unpaired) electrons. The monoisotopic (exact) mass is 354 g/mol. The molecule has 0 bridgehead atoms. The summed E-state index contributed by atoms with van der Waals surface area (Å²) in [6.07, 6.45) is 0. The number of amides is 1. The highest BCUT2D eigenvalue weighted by Crippen LogP contribution is 2.23. The van der Waals surface area contributed by atoms with Gasteiger partial charge in [0, 0.05) is 28.7 Å². The molecular weight excluding hydrogens is 334 g/mol. The van der Waals surface area contributed by atoms with Crippen molar-refractivity contribution in [1.82, 2.24) is 5.32 Å². The molecule has 0 fully saturated rings. The van der Waals surface area contributed by atoms with Gasteiger partial charge in [-0.1, -0.05) is 42.5 Å². The van der Waals surface area contributed by atoms with Crippen molar-refractivity contribution in [3.8, 4) is 0 Å². The molecule has 0 aromatic heterocycles. The van der Waals surface area contributed by atoms with Crippen molar-refractivity contribution in [3.63, 3.8) is 0 Å². The number of hydrogen-bond donors (Lipinski definition) is 2. The Balaban J connectivity index is 1.71. The summed E-state index contributed by atoms with van der Waals surface area (Å²) in [5.41, 5.74) is 1.04. The molecule has 5 heteroatoms. The molecule has 0 heterocycles. The van der Waals surface area contributed by atoms with E-state index in [0.29, 0.717) is 5.56 Å². The van der Waals surface area contributed by atoms with Crippen molar-refractivity contribution >= 4 is 22.4 Å². The van der Waals surface area contributed by atoms with E-state index in [1.165, 1.54) is 12.1 Å². The van der Waals surface area contributed by atoms with Crippen LogP contribution in [-0.2, 0) is 4.79 Å². The Hall–Kier alpha value is -2.79. The molecular formula is C21H20F2N2O. The van der Waals surface area contributed by atoms with Crippen LogP contribution in [0.2, 0.25) is 0 Å². The molecule has 134 valence electrons. The Labute approximate surface area is 151 Å². The van der Waals surface area contributed by atoms with Gasteiger partial charge < -0.3 is 5.32 Å². The number of rotatable bonds is 5. The number of fused-ring (bicyclic) bond motifs is 1. The van der Waals surface area contributed by atoms with E-state index in [-0.39, 0.29) is 5.91 Å². The van der Waals surface area contributed by atoms with Crippen molar-refractivity contribution < 1.29 is 13.6 Å². The molecule has 0 aliphatic rings. The Morgan fingerprint density at radius 1 is 0.962 bits per heavy atom. The lowest BCUT2D eigenvalue weighted by Crippen LogP contribution is -2.39. The standard InChI is InChI=1S/C21H20F2N2O/c1-13(17-11-10-16(22)12-19(17)23)24-14(2)21(26)25-20-9-5-7-15-6-3-4-8-18(15)20/h3-14,24H,1-2H3,(H,25,26)/t13-,14-/m0/s1. The van der Waals surface area contributed by atoms with Crippen molar-refractivity contribution in [1.29, 1.82) is 0 Å². The average Bonchev–Trinajstić information content (AvgIpc) is 2.61. The van der Waals surface area contributed by atoms with Gasteiger partial charge in [0.25, 0.3) is 0 Å². The third-order valence-corrected chi connectivity index (χ3v) is 4.37. The summed E-state index contributed by atoms with van der Waals surface area (Å²) in [6.45, 7) is 3.44. The van der Waals surface area contributed by atoms with Gasteiger partial charge in [0.05, 0.1) is 6.04 Å². The summed E-state index contributed by atoms with van der Waals surface area (Å²) >= 11 is 0. The molecule has 1 amide bonds. The van der Waals surface area contributed by atoms with Crippen LogP contribution >= 0.6 is 0 Å². The molecule has 0 aliphatic carbocycles. The van der Waals surface area contributed by atoms with Crippen LogP contribution in [0.5, 0.6) is 0 Å². The molecule has 3 nitrogen and oxygen atoms in total. The smallest absolute Gasteiger partial charge is 0.241 e. The number of halogens is 2. The van der Waals surface area contributed by atoms with Crippen LogP contribution in [0.25, 0.3) is 10.8 Å². The Morgan fingerprint density at radius 2 is 1.69 bits per heavy atom. The van der Waals surface area contributed by atoms with Crippen molar-refractivity contribution in [3.05, 3.63) is 77.9 Å². The Bertz CT molecular complexity index is 937. The topological polar surface area (TPSA) is 41.1 Å². The summed E-state index contributed by atoms with van der Waals surface area (Å²) in [6, 6.07) is 15.9. The maximum Gasteiger partial charge on any atom is 0.241 e. The highest BCUT2D eigenvalue weighted by Gasteiger charge is 2.19. The molecule has 3 aromatic carbocycles. The van der Waals surface area contributed by atoms with E-state index in [9.17, 15) is 13.6 Å². The molecule has 3 aromatic rings. The van der Waals surface area contributed by atoms with Gasteiger partial charge >= 0.3 is 0 Å². The van der Waals surface area contributed by atoms with E-state index in [1.54, 1.807) is 13.8 Å². The molecule has 2 N–H and O–H groups in total. The second-order valence-corrected chi connectivity index (χ2v) is 6.29. The zero-order chi connectivity index (χ0) is 18.7. The van der Waals surface area contributed by atoms with Crippen LogP contribution in [0.15, 0.2) is 60.7 Å². The molecule has 0 saturated heterocycles.